The van der Waals surface area contributed by atoms with E-state index in [9.17, 15) is 10.1 Å². The Hall–Kier alpha value is -0.860. The molecule has 0 saturated heterocycles. The van der Waals surface area contributed by atoms with Crippen LogP contribution in [0.25, 0.3) is 0 Å². The van der Waals surface area contributed by atoms with E-state index in [0.717, 1.165) is 30.6 Å². The van der Waals surface area contributed by atoms with Gasteiger partial charge in [0.15, 0.2) is 0 Å². The van der Waals surface area contributed by atoms with Crippen LogP contribution in [0, 0.1) is 56.5 Å². The fraction of sp³-hybridized carbons (Fsp3) is 0.926. The zero-order valence-corrected chi connectivity index (χ0v) is 20.2. The summed E-state index contributed by atoms with van der Waals surface area (Å²) in [5, 5.41) is 12.1. The van der Waals surface area contributed by atoms with Crippen LogP contribution in [0.4, 0.5) is 0 Å². The largest absolute Gasteiger partial charge is 0.264 e. The molecule has 30 heavy (non-hydrogen) atoms. The van der Waals surface area contributed by atoms with Crippen LogP contribution in [0.1, 0.15) is 105 Å². The molecule has 4 rings (SSSR count). The molecule has 3 heteroatoms. The molecule has 0 unspecified atom stereocenters. The molecule has 3 saturated carbocycles. The summed E-state index contributed by atoms with van der Waals surface area (Å²) in [5.74, 6) is 4.36. The maximum absolute atomic E-state index is 12.1. The fourth-order valence-corrected chi connectivity index (χ4v) is 9.04. The first kappa shape index (κ1) is 22.3. The Morgan fingerprint density at radius 1 is 1.10 bits per heavy atom. The fourth-order valence-electron chi connectivity index (χ4n) is 9.04. The second-order valence-electron chi connectivity index (χ2n) is 12.4. The molecule has 0 aromatic heterocycles. The number of allylic oxidation sites excluding steroid dienone is 1. The van der Waals surface area contributed by atoms with Crippen LogP contribution in [-0.4, -0.2) is 11.0 Å². The standard InChI is InChI=1S/C27H45NO2/c1-18(2)9-8-10-19(3)21-12-13-22-20-17-25(28(29)30)24-11-6-7-15-26(24,4)23(20)14-16-27(21,22)5/h11,18-23,25H,6-10,12-17H2,1-5H3/t19-,20-,21+,22-,23-,25+,26-,27+/m1/s1. The second-order valence-corrected chi connectivity index (χ2v) is 12.4. The van der Waals surface area contributed by atoms with Gasteiger partial charge in [-0.05, 0) is 91.3 Å². The minimum atomic E-state index is -0.415. The lowest BCUT2D eigenvalue weighted by Crippen LogP contribution is -2.55. The van der Waals surface area contributed by atoms with Crippen molar-refractivity contribution in [2.24, 2.45) is 46.3 Å². The van der Waals surface area contributed by atoms with Gasteiger partial charge >= 0.3 is 0 Å². The highest BCUT2D eigenvalue weighted by Gasteiger charge is 2.62. The van der Waals surface area contributed by atoms with Crippen molar-refractivity contribution in [3.8, 4) is 0 Å². The molecule has 4 aliphatic rings. The van der Waals surface area contributed by atoms with Gasteiger partial charge in [0, 0.05) is 16.9 Å². The van der Waals surface area contributed by atoms with Crippen LogP contribution in [0.2, 0.25) is 0 Å². The summed E-state index contributed by atoms with van der Waals surface area (Å²) in [6.07, 6.45) is 15.9. The molecule has 0 aromatic rings. The molecule has 4 aliphatic carbocycles. The highest BCUT2D eigenvalue weighted by molar-refractivity contribution is 5.27. The lowest BCUT2D eigenvalue weighted by atomic mass is 9.45. The van der Waals surface area contributed by atoms with Gasteiger partial charge in [-0.1, -0.05) is 60.0 Å². The summed E-state index contributed by atoms with van der Waals surface area (Å²) < 4.78 is 0. The Kier molecular flexibility index (Phi) is 6.14. The van der Waals surface area contributed by atoms with Crippen molar-refractivity contribution in [2.75, 3.05) is 0 Å². The topological polar surface area (TPSA) is 43.1 Å². The third kappa shape index (κ3) is 3.56. The highest BCUT2D eigenvalue weighted by Crippen LogP contribution is 2.68. The van der Waals surface area contributed by atoms with Crippen molar-refractivity contribution in [1.82, 2.24) is 0 Å². The number of fused-ring (bicyclic) bond motifs is 5. The zero-order valence-electron chi connectivity index (χ0n) is 20.2. The second kappa shape index (κ2) is 8.24. The first-order valence-electron chi connectivity index (χ1n) is 13.0. The molecule has 3 fully saturated rings. The van der Waals surface area contributed by atoms with E-state index in [0.29, 0.717) is 23.2 Å². The molecule has 3 nitrogen and oxygen atoms in total. The van der Waals surface area contributed by atoms with Gasteiger partial charge in [-0.25, -0.2) is 0 Å². The summed E-state index contributed by atoms with van der Waals surface area (Å²) in [7, 11) is 0. The molecular weight excluding hydrogens is 370 g/mol. The van der Waals surface area contributed by atoms with Gasteiger partial charge in [-0.15, -0.1) is 0 Å². The average Bonchev–Trinajstić information content (AvgIpc) is 3.03. The summed E-state index contributed by atoms with van der Waals surface area (Å²) in [5.41, 5.74) is 1.70. The van der Waals surface area contributed by atoms with Crippen LogP contribution in [0.3, 0.4) is 0 Å². The van der Waals surface area contributed by atoms with Gasteiger partial charge < -0.3 is 0 Å². The Balaban J connectivity index is 1.56. The predicted octanol–water partition coefficient (Wildman–Crippen LogP) is 7.67. The van der Waals surface area contributed by atoms with Crippen LogP contribution in [0.15, 0.2) is 11.6 Å². The highest BCUT2D eigenvalue weighted by atomic mass is 16.6. The van der Waals surface area contributed by atoms with E-state index in [1.165, 1.54) is 63.4 Å². The van der Waals surface area contributed by atoms with E-state index in [2.05, 4.69) is 40.7 Å². The van der Waals surface area contributed by atoms with Gasteiger partial charge in [0.2, 0.25) is 6.04 Å². The van der Waals surface area contributed by atoms with Crippen molar-refractivity contribution < 1.29 is 4.92 Å². The predicted molar refractivity (Wildman–Crippen MR) is 124 cm³/mol. The van der Waals surface area contributed by atoms with Crippen LogP contribution in [0.5, 0.6) is 0 Å². The van der Waals surface area contributed by atoms with Crippen LogP contribution < -0.4 is 0 Å². The Bertz CT molecular complexity index is 684. The quantitative estimate of drug-likeness (QED) is 0.254. The van der Waals surface area contributed by atoms with Gasteiger partial charge in [0.05, 0.1) is 0 Å². The number of hydrogen-bond donors (Lipinski definition) is 0. The van der Waals surface area contributed by atoms with E-state index >= 15 is 0 Å². The van der Waals surface area contributed by atoms with Crippen molar-refractivity contribution >= 4 is 0 Å². The SMILES string of the molecule is CC(C)CCC[C@@H](C)[C@@H]1CC[C@@H]2[C@H]3C[C@H]([N+](=O)[O-])C4=CCCC[C@]4(C)[C@@H]3CC[C@]21C. The third-order valence-corrected chi connectivity index (χ3v) is 10.5. The van der Waals surface area contributed by atoms with Crippen molar-refractivity contribution in [1.29, 1.82) is 0 Å². The Morgan fingerprint density at radius 2 is 1.87 bits per heavy atom. The normalized spacial score (nSPS) is 44.1. The van der Waals surface area contributed by atoms with Gasteiger partial charge in [0.1, 0.15) is 0 Å². The zero-order chi connectivity index (χ0) is 21.7. The maximum atomic E-state index is 12.1. The van der Waals surface area contributed by atoms with Crippen LogP contribution in [-0.2, 0) is 0 Å². The minimum Gasteiger partial charge on any atom is -0.264 e. The monoisotopic (exact) mass is 415 g/mol. The van der Waals surface area contributed by atoms with E-state index in [-0.39, 0.29) is 10.3 Å². The molecule has 0 spiro atoms. The summed E-state index contributed by atoms with van der Waals surface area (Å²) >= 11 is 0. The molecule has 0 heterocycles. The first-order valence-corrected chi connectivity index (χ1v) is 13.0. The Morgan fingerprint density at radius 3 is 2.57 bits per heavy atom. The lowest BCUT2D eigenvalue weighted by molar-refractivity contribution is -0.521. The van der Waals surface area contributed by atoms with Gasteiger partial charge in [-0.3, -0.25) is 10.1 Å². The molecule has 0 amide bonds. The number of nitrogens with zero attached hydrogens (tertiary/aromatic N) is 1. The van der Waals surface area contributed by atoms with Crippen molar-refractivity contribution in [3.05, 3.63) is 21.8 Å². The van der Waals surface area contributed by atoms with Gasteiger partial charge in [0.25, 0.3) is 0 Å². The first-order chi connectivity index (χ1) is 14.2. The molecule has 0 bridgehead atoms. The molecule has 170 valence electrons. The number of nitro groups is 1. The smallest absolute Gasteiger partial charge is 0.234 e. The number of rotatable bonds is 6. The average molecular weight is 416 g/mol. The molecule has 0 aliphatic heterocycles. The summed E-state index contributed by atoms with van der Waals surface area (Å²) in [6.45, 7) is 12.2. The molecule has 0 radical (unpaired) electrons. The molecular formula is C27H45NO2. The van der Waals surface area contributed by atoms with E-state index in [1.807, 2.05) is 0 Å². The van der Waals surface area contributed by atoms with Gasteiger partial charge in [-0.2, -0.15) is 0 Å². The van der Waals surface area contributed by atoms with E-state index < -0.39 is 6.04 Å². The maximum Gasteiger partial charge on any atom is 0.234 e. The summed E-state index contributed by atoms with van der Waals surface area (Å²) in [6, 6.07) is -0.415. The summed E-state index contributed by atoms with van der Waals surface area (Å²) in [4.78, 5) is 12.2. The Labute approximate surface area is 184 Å². The van der Waals surface area contributed by atoms with E-state index in [4.69, 9.17) is 0 Å². The van der Waals surface area contributed by atoms with Crippen molar-refractivity contribution in [3.63, 3.8) is 0 Å². The lowest BCUT2D eigenvalue weighted by Gasteiger charge is -2.58. The minimum absolute atomic E-state index is 0.0680. The third-order valence-electron chi connectivity index (χ3n) is 10.5. The number of hydrogen-bond acceptors (Lipinski definition) is 2. The van der Waals surface area contributed by atoms with E-state index in [1.54, 1.807) is 0 Å². The molecule has 8 atom stereocenters. The molecule has 0 aromatic carbocycles. The van der Waals surface area contributed by atoms with Crippen molar-refractivity contribution in [2.45, 2.75) is 111 Å². The van der Waals surface area contributed by atoms with Crippen LogP contribution >= 0.6 is 0 Å². The molecule has 0 N–H and O–H groups in total.